The number of nitrogens with zero attached hydrogens (tertiary/aromatic N) is 1. The van der Waals surface area contributed by atoms with Gasteiger partial charge in [0, 0.05) is 12.0 Å². The monoisotopic (exact) mass is 501 g/mol. The highest BCUT2D eigenvalue weighted by Crippen LogP contribution is 2.47. The molecule has 0 spiro atoms. The van der Waals surface area contributed by atoms with Crippen molar-refractivity contribution in [1.29, 1.82) is 0 Å². The van der Waals surface area contributed by atoms with Crippen LogP contribution in [0.3, 0.4) is 0 Å². The fraction of sp³-hybridized carbons (Fsp3) is 0.571. The molecule has 2 aliphatic carbocycles. The van der Waals surface area contributed by atoms with Gasteiger partial charge in [-0.2, -0.15) is 0 Å². The van der Waals surface area contributed by atoms with Crippen LogP contribution in [0.2, 0.25) is 5.02 Å². The number of carbonyl (C=O) groups is 2. The highest BCUT2D eigenvalue weighted by molar-refractivity contribution is 6.32. The summed E-state index contributed by atoms with van der Waals surface area (Å²) in [4.78, 5) is 28.3. The summed E-state index contributed by atoms with van der Waals surface area (Å²) in [6.07, 6.45) is 7.54. The Morgan fingerprint density at radius 2 is 1.91 bits per heavy atom. The van der Waals surface area contributed by atoms with E-state index in [1.165, 1.54) is 11.0 Å². The molecular formula is C28H36ClNO5. The van der Waals surface area contributed by atoms with Crippen LogP contribution in [-0.4, -0.2) is 50.8 Å². The van der Waals surface area contributed by atoms with E-state index in [9.17, 15) is 24.9 Å². The predicted octanol–water partition coefficient (Wildman–Crippen LogP) is 4.85. The van der Waals surface area contributed by atoms with Crippen LogP contribution < -0.4 is 0 Å². The summed E-state index contributed by atoms with van der Waals surface area (Å²) in [7, 11) is 0. The van der Waals surface area contributed by atoms with Crippen LogP contribution >= 0.6 is 11.6 Å². The van der Waals surface area contributed by atoms with Crippen molar-refractivity contribution in [3.63, 3.8) is 0 Å². The van der Waals surface area contributed by atoms with E-state index in [0.29, 0.717) is 24.3 Å². The number of phenolic OH excluding ortho intramolecular Hbond substituents is 1. The lowest BCUT2D eigenvalue weighted by Crippen LogP contribution is -2.42. The predicted molar refractivity (Wildman–Crippen MR) is 136 cm³/mol. The van der Waals surface area contributed by atoms with E-state index in [0.717, 1.165) is 54.4 Å². The molecular weight excluding hydrogens is 466 g/mol. The Kier molecular flexibility index (Phi) is 8.04. The molecule has 0 radical (unpaired) electrons. The van der Waals surface area contributed by atoms with Crippen molar-refractivity contribution < 1.29 is 24.9 Å². The third kappa shape index (κ3) is 5.20. The third-order valence-electron chi connectivity index (χ3n) is 8.06. The van der Waals surface area contributed by atoms with E-state index in [-0.39, 0.29) is 30.2 Å². The highest BCUT2D eigenvalue weighted by Gasteiger charge is 2.55. The quantitative estimate of drug-likeness (QED) is 0.366. The normalized spacial score (nSPS) is 26.9. The topological polar surface area (TPSA) is 98.1 Å². The maximum atomic E-state index is 13.5. The number of fused-ring (bicyclic) bond motifs is 1. The van der Waals surface area contributed by atoms with Gasteiger partial charge in [0.15, 0.2) is 0 Å². The molecule has 3 N–H and O–H groups in total. The number of allylic oxidation sites excluding steroid dienone is 2. The second kappa shape index (κ2) is 10.9. The molecule has 1 aliphatic heterocycles. The number of phenols is 1. The van der Waals surface area contributed by atoms with Gasteiger partial charge in [0.25, 0.3) is 0 Å². The summed E-state index contributed by atoms with van der Waals surface area (Å²) < 4.78 is 0. The maximum absolute atomic E-state index is 13.5. The van der Waals surface area contributed by atoms with Gasteiger partial charge in [0.1, 0.15) is 5.75 Å². The van der Waals surface area contributed by atoms with Crippen LogP contribution in [0.4, 0.5) is 0 Å². The minimum Gasteiger partial charge on any atom is -0.508 e. The first-order valence-electron chi connectivity index (χ1n) is 12.7. The zero-order chi connectivity index (χ0) is 25.3. The van der Waals surface area contributed by atoms with Gasteiger partial charge < -0.3 is 15.3 Å². The molecule has 1 heterocycles. The van der Waals surface area contributed by atoms with Gasteiger partial charge in [-0.05, 0) is 75.3 Å². The molecule has 7 heteroatoms. The number of aliphatic hydroxyl groups excluding tert-OH is 2. The number of amides is 2. The first-order valence-corrected chi connectivity index (χ1v) is 13.1. The third-order valence-corrected chi connectivity index (χ3v) is 8.38. The van der Waals surface area contributed by atoms with E-state index in [2.05, 4.69) is 0 Å². The SMILES string of the molecule is CC1=C([C@H](O)CC/C(C)=C/c2ccc(O)cc2Cl)[C@H](CO)[C@@H]2C(=O)N(C3CCCCC3)C(=O)[C@@H]2C1. The molecule has 4 rings (SSSR count). The second-order valence-corrected chi connectivity index (χ2v) is 10.9. The first kappa shape index (κ1) is 25.9. The average Bonchev–Trinajstić information content (AvgIpc) is 3.08. The lowest BCUT2D eigenvalue weighted by atomic mass is 9.68. The van der Waals surface area contributed by atoms with Crippen LogP contribution in [-0.2, 0) is 9.59 Å². The molecule has 1 saturated carbocycles. The Morgan fingerprint density at radius 3 is 2.57 bits per heavy atom. The molecule has 0 bridgehead atoms. The summed E-state index contributed by atoms with van der Waals surface area (Å²) in [6.45, 7) is 3.61. The standard InChI is InChI=1S/C28H36ClNO5/c1-16(12-18-9-10-20(32)14-23(18)29)8-11-24(33)25-17(2)13-21-26(22(25)15-31)28(35)30(27(21)34)19-6-4-3-5-7-19/h9-10,12,14,19,21-22,24,26,31-33H,3-8,11,13,15H2,1-2H3/b16-12+/t21-,22+,24-,26-/m1/s1. The number of hydrogen-bond acceptors (Lipinski definition) is 5. The number of aromatic hydroxyl groups is 1. The van der Waals surface area contributed by atoms with Crippen molar-refractivity contribution in [3.8, 4) is 5.75 Å². The fourth-order valence-corrected chi connectivity index (χ4v) is 6.56. The number of hydrogen-bond donors (Lipinski definition) is 3. The number of carbonyl (C=O) groups excluding carboxylic acids is 2. The van der Waals surface area contributed by atoms with Crippen LogP contribution in [0.5, 0.6) is 5.75 Å². The van der Waals surface area contributed by atoms with Crippen LogP contribution in [0, 0.1) is 17.8 Å². The second-order valence-electron chi connectivity index (χ2n) is 10.5. The zero-order valence-electron chi connectivity index (χ0n) is 20.5. The van der Waals surface area contributed by atoms with E-state index >= 15 is 0 Å². The van der Waals surface area contributed by atoms with Crippen molar-refractivity contribution in [2.45, 2.75) is 77.4 Å². The Labute approximate surface area is 212 Å². The summed E-state index contributed by atoms with van der Waals surface area (Å²) in [6, 6.07) is 4.79. The van der Waals surface area contributed by atoms with Gasteiger partial charge in [-0.15, -0.1) is 0 Å². The Hall–Kier alpha value is -2.15. The summed E-state index contributed by atoms with van der Waals surface area (Å²) >= 11 is 6.21. The van der Waals surface area contributed by atoms with Gasteiger partial charge in [0.2, 0.25) is 11.8 Å². The lowest BCUT2D eigenvalue weighted by molar-refractivity contribution is -0.143. The minimum atomic E-state index is -0.807. The number of rotatable bonds is 7. The molecule has 4 atom stereocenters. The molecule has 1 saturated heterocycles. The Balaban J connectivity index is 1.49. The minimum absolute atomic E-state index is 0.0260. The van der Waals surface area contributed by atoms with Gasteiger partial charge in [0.05, 0.1) is 29.6 Å². The molecule has 2 amide bonds. The van der Waals surface area contributed by atoms with Crippen molar-refractivity contribution in [1.82, 2.24) is 4.90 Å². The van der Waals surface area contributed by atoms with E-state index < -0.39 is 23.9 Å². The number of halogens is 1. The van der Waals surface area contributed by atoms with Crippen LogP contribution in [0.1, 0.15) is 70.8 Å². The molecule has 0 aromatic heterocycles. The lowest BCUT2D eigenvalue weighted by Gasteiger charge is -2.35. The van der Waals surface area contributed by atoms with Crippen molar-refractivity contribution in [3.05, 3.63) is 45.5 Å². The molecule has 35 heavy (non-hydrogen) atoms. The Morgan fingerprint density at radius 1 is 1.20 bits per heavy atom. The van der Waals surface area contributed by atoms with Crippen LogP contribution in [0.15, 0.2) is 34.9 Å². The number of aliphatic hydroxyl groups is 2. The highest BCUT2D eigenvalue weighted by atomic mass is 35.5. The summed E-state index contributed by atoms with van der Waals surface area (Å²) in [5.74, 6) is -1.71. The van der Waals surface area contributed by atoms with Gasteiger partial charge in [-0.25, -0.2) is 0 Å². The van der Waals surface area contributed by atoms with Gasteiger partial charge in [-0.3, -0.25) is 14.5 Å². The Bertz CT molecular complexity index is 1040. The summed E-state index contributed by atoms with van der Waals surface area (Å²) in [5, 5.41) is 31.5. The first-order chi connectivity index (χ1) is 16.7. The average molecular weight is 502 g/mol. The van der Waals surface area contributed by atoms with Crippen molar-refractivity contribution in [2.24, 2.45) is 17.8 Å². The largest absolute Gasteiger partial charge is 0.508 e. The van der Waals surface area contributed by atoms with Crippen LogP contribution in [0.25, 0.3) is 6.08 Å². The zero-order valence-corrected chi connectivity index (χ0v) is 21.3. The molecule has 190 valence electrons. The molecule has 3 aliphatic rings. The molecule has 6 nitrogen and oxygen atoms in total. The van der Waals surface area contributed by atoms with Crippen molar-refractivity contribution >= 4 is 29.5 Å². The van der Waals surface area contributed by atoms with Gasteiger partial charge >= 0.3 is 0 Å². The molecule has 1 aromatic carbocycles. The molecule has 0 unspecified atom stereocenters. The van der Waals surface area contributed by atoms with E-state index in [4.69, 9.17) is 11.6 Å². The van der Waals surface area contributed by atoms with E-state index in [1.807, 2.05) is 19.9 Å². The van der Waals surface area contributed by atoms with E-state index in [1.54, 1.807) is 12.1 Å². The number of likely N-dealkylation sites (tertiary alicyclic amines) is 1. The van der Waals surface area contributed by atoms with Crippen molar-refractivity contribution in [2.75, 3.05) is 6.61 Å². The molecule has 2 fully saturated rings. The summed E-state index contributed by atoms with van der Waals surface area (Å²) in [5.41, 5.74) is 3.43. The molecule has 1 aromatic rings. The number of imide groups is 1. The smallest absolute Gasteiger partial charge is 0.234 e. The number of benzene rings is 1. The van der Waals surface area contributed by atoms with Gasteiger partial charge in [-0.1, -0.05) is 48.1 Å². The fourth-order valence-electron chi connectivity index (χ4n) is 6.33. The maximum Gasteiger partial charge on any atom is 0.234 e.